The Morgan fingerprint density at radius 2 is 1.88 bits per heavy atom. The summed E-state index contributed by atoms with van der Waals surface area (Å²) in [6.45, 7) is 3.88. The number of carbonyl (C=O) groups excluding carboxylic acids is 1. The maximum absolute atomic E-state index is 13.3. The van der Waals surface area contributed by atoms with Crippen LogP contribution in [-0.4, -0.2) is 30.4 Å². The summed E-state index contributed by atoms with van der Waals surface area (Å²) in [6.07, 6.45) is 3.42. The molecular weight excluding hydrogens is 335 g/mol. The molecule has 1 aliphatic rings. The fourth-order valence-corrected chi connectivity index (χ4v) is 3.36. The van der Waals surface area contributed by atoms with Gasteiger partial charge >= 0.3 is 0 Å². The first kappa shape index (κ1) is 18.3. The molecule has 1 aliphatic heterocycles. The summed E-state index contributed by atoms with van der Waals surface area (Å²) in [7, 11) is 0. The largest absolute Gasteiger partial charge is 0.456 e. The van der Waals surface area contributed by atoms with Crippen molar-refractivity contribution >= 4 is 5.91 Å². The highest BCUT2D eigenvalue weighted by molar-refractivity contribution is 5.91. The highest BCUT2D eigenvalue weighted by Crippen LogP contribution is 2.24. The molecule has 5 nitrogen and oxygen atoms in total. The molecule has 26 heavy (non-hydrogen) atoms. The minimum absolute atomic E-state index is 0.00602. The summed E-state index contributed by atoms with van der Waals surface area (Å²) < 4.78 is 18.6. The van der Waals surface area contributed by atoms with Gasteiger partial charge in [0.1, 0.15) is 11.6 Å². The van der Waals surface area contributed by atoms with E-state index in [1.807, 2.05) is 0 Å². The number of likely N-dealkylation sites (tertiary alicyclic amines) is 1. The second kappa shape index (κ2) is 8.27. The number of hydrogen-bond donors (Lipinski definition) is 1. The van der Waals surface area contributed by atoms with Crippen molar-refractivity contribution in [3.63, 3.8) is 0 Å². The number of piperidine rings is 1. The Balaban J connectivity index is 1.75. The van der Waals surface area contributed by atoms with Crippen LogP contribution in [0.4, 0.5) is 4.39 Å². The van der Waals surface area contributed by atoms with Gasteiger partial charge in [0, 0.05) is 18.7 Å². The number of nitrogens with one attached hydrogen (secondary N) is 1. The van der Waals surface area contributed by atoms with Crippen LogP contribution in [0.1, 0.15) is 47.2 Å². The SMILES string of the molecule is Cc1cc(=O)cc(C(=O)NC[C@H](c2ccc(F)cc2)N2CCCCC2)o1. The fourth-order valence-electron chi connectivity index (χ4n) is 3.36. The molecule has 138 valence electrons. The van der Waals surface area contributed by atoms with Crippen LogP contribution in [0, 0.1) is 12.7 Å². The Morgan fingerprint density at radius 3 is 2.54 bits per heavy atom. The summed E-state index contributed by atoms with van der Waals surface area (Å²) in [4.78, 5) is 26.3. The van der Waals surface area contributed by atoms with Gasteiger partial charge < -0.3 is 9.73 Å². The second-order valence-electron chi connectivity index (χ2n) is 6.64. The normalized spacial score (nSPS) is 16.2. The molecule has 2 aromatic rings. The maximum atomic E-state index is 13.3. The van der Waals surface area contributed by atoms with Gasteiger partial charge in [-0.1, -0.05) is 18.6 Å². The van der Waals surface area contributed by atoms with Crippen LogP contribution in [0.15, 0.2) is 45.6 Å². The first-order valence-electron chi connectivity index (χ1n) is 8.92. The van der Waals surface area contributed by atoms with E-state index in [1.165, 1.54) is 30.7 Å². The van der Waals surface area contributed by atoms with Crippen LogP contribution in [-0.2, 0) is 0 Å². The molecule has 6 heteroatoms. The number of amides is 1. The smallest absolute Gasteiger partial charge is 0.287 e. The zero-order valence-corrected chi connectivity index (χ0v) is 14.8. The van der Waals surface area contributed by atoms with Crippen molar-refractivity contribution in [2.24, 2.45) is 0 Å². The summed E-state index contributed by atoms with van der Waals surface area (Å²) >= 11 is 0. The molecule has 0 saturated carbocycles. The molecule has 1 N–H and O–H groups in total. The molecule has 0 bridgehead atoms. The van der Waals surface area contributed by atoms with Gasteiger partial charge in [-0.3, -0.25) is 14.5 Å². The average molecular weight is 358 g/mol. The number of aryl methyl sites for hydroxylation is 1. The van der Waals surface area contributed by atoms with Crippen molar-refractivity contribution in [2.75, 3.05) is 19.6 Å². The van der Waals surface area contributed by atoms with Crippen LogP contribution in [0.25, 0.3) is 0 Å². The molecule has 1 atom stereocenters. The first-order chi connectivity index (χ1) is 12.5. The van der Waals surface area contributed by atoms with Crippen molar-refractivity contribution in [1.29, 1.82) is 0 Å². The van der Waals surface area contributed by atoms with E-state index in [1.54, 1.807) is 19.1 Å². The minimum Gasteiger partial charge on any atom is -0.456 e. The number of rotatable bonds is 5. The number of carbonyl (C=O) groups is 1. The summed E-state index contributed by atoms with van der Waals surface area (Å²) in [6, 6.07) is 8.88. The molecule has 0 radical (unpaired) electrons. The number of hydrogen-bond acceptors (Lipinski definition) is 4. The lowest BCUT2D eigenvalue weighted by atomic mass is 10.0. The highest BCUT2D eigenvalue weighted by Gasteiger charge is 2.23. The lowest BCUT2D eigenvalue weighted by Gasteiger charge is -2.35. The lowest BCUT2D eigenvalue weighted by molar-refractivity contribution is 0.0893. The monoisotopic (exact) mass is 358 g/mol. The predicted molar refractivity (Wildman–Crippen MR) is 96.6 cm³/mol. The van der Waals surface area contributed by atoms with E-state index in [4.69, 9.17) is 4.42 Å². The number of nitrogens with zero attached hydrogens (tertiary/aromatic N) is 1. The number of benzene rings is 1. The minimum atomic E-state index is -0.421. The average Bonchev–Trinajstić information content (AvgIpc) is 2.63. The van der Waals surface area contributed by atoms with Crippen molar-refractivity contribution in [1.82, 2.24) is 10.2 Å². The van der Waals surface area contributed by atoms with Gasteiger partial charge in [0.05, 0.1) is 6.04 Å². The summed E-state index contributed by atoms with van der Waals surface area (Å²) in [5, 5.41) is 2.86. The van der Waals surface area contributed by atoms with E-state index >= 15 is 0 Å². The van der Waals surface area contributed by atoms with Crippen molar-refractivity contribution in [3.05, 3.63) is 69.5 Å². The van der Waals surface area contributed by atoms with E-state index in [0.717, 1.165) is 31.5 Å². The highest BCUT2D eigenvalue weighted by atomic mass is 19.1. The Morgan fingerprint density at radius 1 is 1.19 bits per heavy atom. The van der Waals surface area contributed by atoms with Crippen molar-refractivity contribution in [3.8, 4) is 0 Å². The molecule has 0 spiro atoms. The summed E-state index contributed by atoms with van der Waals surface area (Å²) in [5.41, 5.74) is 0.698. The molecule has 1 aromatic carbocycles. The van der Waals surface area contributed by atoms with Crippen LogP contribution in [0.5, 0.6) is 0 Å². The second-order valence-corrected chi connectivity index (χ2v) is 6.64. The van der Waals surface area contributed by atoms with Gasteiger partial charge in [0.25, 0.3) is 5.91 Å². The topological polar surface area (TPSA) is 62.6 Å². The molecule has 2 heterocycles. The van der Waals surface area contributed by atoms with Crippen LogP contribution < -0.4 is 10.7 Å². The quantitative estimate of drug-likeness (QED) is 0.892. The van der Waals surface area contributed by atoms with Gasteiger partial charge in [-0.2, -0.15) is 0 Å². The van der Waals surface area contributed by atoms with Crippen LogP contribution >= 0.6 is 0 Å². The van der Waals surface area contributed by atoms with E-state index in [9.17, 15) is 14.0 Å². The third-order valence-electron chi connectivity index (χ3n) is 4.66. The van der Waals surface area contributed by atoms with Gasteiger partial charge in [-0.05, 0) is 50.6 Å². The van der Waals surface area contributed by atoms with E-state index in [2.05, 4.69) is 10.2 Å². The Hall–Kier alpha value is -2.47. The third kappa shape index (κ3) is 4.58. The molecule has 3 rings (SSSR count). The van der Waals surface area contributed by atoms with E-state index in [0.29, 0.717) is 12.3 Å². The van der Waals surface area contributed by atoms with Crippen molar-refractivity contribution in [2.45, 2.75) is 32.2 Å². The zero-order valence-electron chi connectivity index (χ0n) is 14.8. The molecule has 1 fully saturated rings. The zero-order chi connectivity index (χ0) is 18.5. The van der Waals surface area contributed by atoms with Crippen molar-refractivity contribution < 1.29 is 13.6 Å². The lowest BCUT2D eigenvalue weighted by Crippen LogP contribution is -2.40. The third-order valence-corrected chi connectivity index (χ3v) is 4.66. The van der Waals surface area contributed by atoms with Gasteiger partial charge in [0.15, 0.2) is 11.2 Å². The molecule has 1 amide bonds. The van der Waals surface area contributed by atoms with Crippen LogP contribution in [0.2, 0.25) is 0 Å². The van der Waals surface area contributed by atoms with Gasteiger partial charge in [0.2, 0.25) is 0 Å². The first-order valence-corrected chi connectivity index (χ1v) is 8.92. The molecule has 0 aliphatic carbocycles. The maximum Gasteiger partial charge on any atom is 0.287 e. The predicted octanol–water partition coefficient (Wildman–Crippen LogP) is 3.04. The standard InChI is InChI=1S/C20H23FN2O3/c1-14-11-17(24)12-19(26-14)20(25)22-13-18(23-9-3-2-4-10-23)15-5-7-16(21)8-6-15/h5-8,11-12,18H,2-4,9-10,13H2,1H3,(H,22,25)/t18-/m1/s1. The van der Waals surface area contributed by atoms with E-state index < -0.39 is 5.91 Å². The Bertz CT molecular complexity index is 811. The Labute approximate surface area is 151 Å². The van der Waals surface area contributed by atoms with Crippen LogP contribution in [0.3, 0.4) is 0 Å². The Kier molecular flexibility index (Phi) is 5.83. The molecule has 1 aromatic heterocycles. The van der Waals surface area contributed by atoms with Gasteiger partial charge in [-0.25, -0.2) is 4.39 Å². The van der Waals surface area contributed by atoms with Gasteiger partial charge in [-0.15, -0.1) is 0 Å². The summed E-state index contributed by atoms with van der Waals surface area (Å²) in [5.74, 6) is -0.299. The fraction of sp³-hybridized carbons (Fsp3) is 0.400. The van der Waals surface area contributed by atoms with E-state index in [-0.39, 0.29) is 23.0 Å². The molecule has 0 unspecified atom stereocenters. The number of halogens is 1. The molecular formula is C20H23FN2O3. The molecule has 1 saturated heterocycles.